The Morgan fingerprint density at radius 2 is 2.33 bits per heavy atom. The van der Waals surface area contributed by atoms with Crippen molar-refractivity contribution in [3.05, 3.63) is 15.5 Å². The fraction of sp³-hybridized carbons (Fsp3) is 0.500. The van der Waals surface area contributed by atoms with Crippen LogP contribution in [0.3, 0.4) is 0 Å². The molecule has 0 aliphatic heterocycles. The maximum absolute atomic E-state index is 12.6. The van der Waals surface area contributed by atoms with Crippen LogP contribution in [-0.4, -0.2) is 20.9 Å². The Morgan fingerprint density at radius 3 is 2.80 bits per heavy atom. The summed E-state index contributed by atoms with van der Waals surface area (Å²) in [6, 6.07) is 0. The van der Waals surface area contributed by atoms with Gasteiger partial charge in [0.15, 0.2) is 0 Å². The van der Waals surface area contributed by atoms with Crippen LogP contribution in [0.1, 0.15) is 19.0 Å². The molecule has 0 aliphatic rings. The predicted octanol–water partition coefficient (Wildman–Crippen LogP) is 2.15. The second kappa shape index (κ2) is 4.86. The number of hydrogen-bond donors (Lipinski definition) is 1. The molecule has 0 saturated carbocycles. The summed E-state index contributed by atoms with van der Waals surface area (Å²) in [7, 11) is 0. The second-order valence-electron chi connectivity index (χ2n) is 3.10. The van der Waals surface area contributed by atoms with E-state index in [0.29, 0.717) is 3.57 Å². The monoisotopic (exact) mass is 330 g/mol. The summed E-state index contributed by atoms with van der Waals surface area (Å²) in [5.74, 6) is -1.76. The summed E-state index contributed by atoms with van der Waals surface area (Å²) >= 11 is 1.75. The normalized spacial score (nSPS) is 13.1. The van der Waals surface area contributed by atoms with Crippen LogP contribution in [0.15, 0.2) is 6.20 Å². The van der Waals surface area contributed by atoms with Crippen molar-refractivity contribution in [3.8, 4) is 0 Å². The number of halogens is 3. The highest BCUT2D eigenvalue weighted by atomic mass is 127. The zero-order chi connectivity index (χ0) is 11.6. The Kier molecular flexibility index (Phi) is 4.00. The van der Waals surface area contributed by atoms with Crippen LogP contribution in [0.5, 0.6) is 0 Å². The van der Waals surface area contributed by atoms with Crippen LogP contribution < -0.4 is 0 Å². The Hall–Kier alpha value is -0.730. The highest BCUT2D eigenvalue weighted by Crippen LogP contribution is 2.24. The molecule has 0 fully saturated rings. The number of rotatable bonds is 4. The highest BCUT2D eigenvalue weighted by Gasteiger charge is 2.21. The highest BCUT2D eigenvalue weighted by molar-refractivity contribution is 14.1. The van der Waals surface area contributed by atoms with Crippen LogP contribution in [-0.2, 0) is 11.3 Å². The fourth-order valence-electron chi connectivity index (χ4n) is 1.07. The number of aromatic nitrogens is 2. The first-order valence-electron chi connectivity index (χ1n) is 4.15. The lowest BCUT2D eigenvalue weighted by Gasteiger charge is -2.09. The molecule has 4 nitrogen and oxygen atoms in total. The van der Waals surface area contributed by atoms with E-state index in [1.807, 2.05) is 0 Å². The number of hydrogen-bond acceptors (Lipinski definition) is 2. The predicted molar refractivity (Wildman–Crippen MR) is 56.7 cm³/mol. The molecule has 0 aromatic carbocycles. The third-order valence-corrected chi connectivity index (χ3v) is 2.74. The second-order valence-corrected chi connectivity index (χ2v) is 4.26. The molecule has 1 aromatic heterocycles. The molecule has 0 amide bonds. The van der Waals surface area contributed by atoms with Gasteiger partial charge in [-0.15, -0.1) is 0 Å². The first-order valence-corrected chi connectivity index (χ1v) is 5.23. The number of carbonyl (C=O) groups is 1. The van der Waals surface area contributed by atoms with E-state index in [2.05, 4.69) is 5.10 Å². The van der Waals surface area contributed by atoms with Crippen LogP contribution in [0, 0.1) is 9.49 Å². The lowest BCUT2D eigenvalue weighted by molar-refractivity contribution is -0.141. The summed E-state index contributed by atoms with van der Waals surface area (Å²) in [6.45, 7) is 1.41. The molecule has 1 aromatic rings. The molecule has 15 heavy (non-hydrogen) atoms. The topological polar surface area (TPSA) is 55.1 Å². The van der Waals surface area contributed by atoms with Gasteiger partial charge in [0.2, 0.25) is 0 Å². The number of carboxylic acids is 1. The van der Waals surface area contributed by atoms with Crippen molar-refractivity contribution < 1.29 is 18.7 Å². The van der Waals surface area contributed by atoms with E-state index in [-0.39, 0.29) is 12.2 Å². The smallest absolute Gasteiger partial charge is 0.308 e. The third kappa shape index (κ3) is 2.86. The quantitative estimate of drug-likeness (QED) is 0.861. The molecule has 1 heterocycles. The van der Waals surface area contributed by atoms with Crippen molar-refractivity contribution in [2.24, 2.45) is 5.92 Å². The van der Waals surface area contributed by atoms with Crippen molar-refractivity contribution in [1.29, 1.82) is 0 Å². The molecule has 0 unspecified atom stereocenters. The van der Waals surface area contributed by atoms with Gasteiger partial charge in [-0.1, -0.05) is 6.92 Å². The van der Waals surface area contributed by atoms with E-state index >= 15 is 0 Å². The van der Waals surface area contributed by atoms with E-state index in [1.165, 1.54) is 13.1 Å². The molecule has 1 N–H and O–H groups in total. The lowest BCUT2D eigenvalue weighted by atomic mass is 10.2. The number of nitrogens with zero attached hydrogens (tertiary/aromatic N) is 2. The molecule has 7 heteroatoms. The van der Waals surface area contributed by atoms with Crippen LogP contribution >= 0.6 is 22.6 Å². The van der Waals surface area contributed by atoms with Crippen LogP contribution in [0.25, 0.3) is 0 Å². The SMILES string of the molecule is C[C@@H](Cn1ncc(I)c1C(F)F)C(=O)O. The minimum Gasteiger partial charge on any atom is -0.481 e. The van der Waals surface area contributed by atoms with Crippen molar-refractivity contribution in [2.45, 2.75) is 19.9 Å². The van der Waals surface area contributed by atoms with Gasteiger partial charge in [0.1, 0.15) is 5.69 Å². The molecule has 0 saturated heterocycles. The Bertz CT molecular complexity index is 368. The average Bonchev–Trinajstić information content (AvgIpc) is 2.46. The summed E-state index contributed by atoms with van der Waals surface area (Å²) in [6.07, 6.45) is -1.34. The first-order chi connectivity index (χ1) is 6.93. The fourth-order valence-corrected chi connectivity index (χ4v) is 1.71. The summed E-state index contributed by atoms with van der Waals surface area (Å²) in [5.41, 5.74) is -0.219. The van der Waals surface area contributed by atoms with Gasteiger partial charge in [0.05, 0.1) is 22.2 Å². The summed E-state index contributed by atoms with van der Waals surface area (Å²) in [5, 5.41) is 12.4. The molecule has 0 aliphatic carbocycles. The van der Waals surface area contributed by atoms with E-state index in [4.69, 9.17) is 5.11 Å². The third-order valence-electron chi connectivity index (χ3n) is 1.91. The maximum Gasteiger partial charge on any atom is 0.308 e. The van der Waals surface area contributed by atoms with Crippen molar-refractivity contribution in [2.75, 3.05) is 0 Å². The zero-order valence-electron chi connectivity index (χ0n) is 7.82. The van der Waals surface area contributed by atoms with Gasteiger partial charge in [0.25, 0.3) is 6.43 Å². The van der Waals surface area contributed by atoms with Crippen molar-refractivity contribution >= 4 is 28.6 Å². The molecule has 1 atom stereocenters. The lowest BCUT2D eigenvalue weighted by Crippen LogP contribution is -2.19. The molecule has 0 bridgehead atoms. The Balaban J connectivity index is 2.90. The van der Waals surface area contributed by atoms with E-state index in [0.717, 1.165) is 4.68 Å². The van der Waals surface area contributed by atoms with Gasteiger partial charge in [-0.2, -0.15) is 5.10 Å². The van der Waals surface area contributed by atoms with Crippen LogP contribution in [0.2, 0.25) is 0 Å². The molecular formula is C8H9F2IN2O2. The molecular weight excluding hydrogens is 321 g/mol. The van der Waals surface area contributed by atoms with Crippen molar-refractivity contribution in [3.63, 3.8) is 0 Å². The first kappa shape index (κ1) is 12.3. The molecule has 0 spiro atoms. The van der Waals surface area contributed by atoms with Gasteiger partial charge in [-0.3, -0.25) is 9.48 Å². The zero-order valence-corrected chi connectivity index (χ0v) is 9.98. The summed E-state index contributed by atoms with van der Waals surface area (Å²) < 4.78 is 26.5. The van der Waals surface area contributed by atoms with E-state index in [9.17, 15) is 13.6 Å². The molecule has 1 rings (SSSR count). The largest absolute Gasteiger partial charge is 0.481 e. The van der Waals surface area contributed by atoms with E-state index in [1.54, 1.807) is 22.6 Å². The van der Waals surface area contributed by atoms with Crippen LogP contribution in [0.4, 0.5) is 8.78 Å². The Labute approximate surface area is 98.4 Å². The maximum atomic E-state index is 12.6. The van der Waals surface area contributed by atoms with Gasteiger partial charge < -0.3 is 5.11 Å². The number of alkyl halides is 2. The van der Waals surface area contributed by atoms with Gasteiger partial charge in [-0.25, -0.2) is 8.78 Å². The van der Waals surface area contributed by atoms with Crippen molar-refractivity contribution in [1.82, 2.24) is 9.78 Å². The number of carboxylic acid groups (broad SMARTS) is 1. The van der Waals surface area contributed by atoms with Gasteiger partial charge in [0, 0.05) is 0 Å². The minimum atomic E-state index is -2.64. The van der Waals surface area contributed by atoms with Gasteiger partial charge >= 0.3 is 5.97 Å². The molecule has 84 valence electrons. The average molecular weight is 330 g/mol. The standard InChI is InChI=1S/C8H9F2IN2O2/c1-4(8(14)15)3-13-6(7(9)10)5(11)2-12-13/h2,4,7H,3H2,1H3,(H,14,15)/t4-/m0/s1. The van der Waals surface area contributed by atoms with E-state index < -0.39 is 18.3 Å². The minimum absolute atomic E-state index is 0.0436. The Morgan fingerprint density at radius 1 is 1.73 bits per heavy atom. The number of aliphatic carboxylic acids is 1. The molecule has 0 radical (unpaired) electrons. The van der Waals surface area contributed by atoms with Gasteiger partial charge in [-0.05, 0) is 22.6 Å². The summed E-state index contributed by atoms with van der Waals surface area (Å²) in [4.78, 5) is 10.6.